The van der Waals surface area contributed by atoms with Crippen molar-refractivity contribution >= 4 is 17.4 Å². The largest absolute Gasteiger partial charge is 0.507 e. The maximum Gasteiger partial charge on any atom is 0.354 e. The summed E-state index contributed by atoms with van der Waals surface area (Å²) in [7, 11) is 1.45. The summed E-state index contributed by atoms with van der Waals surface area (Å²) in [5, 5.41) is 12.7. The van der Waals surface area contributed by atoms with E-state index in [0.717, 1.165) is 12.1 Å². The van der Waals surface area contributed by atoms with Gasteiger partial charge in [0.1, 0.15) is 28.5 Å². The van der Waals surface area contributed by atoms with Gasteiger partial charge >= 0.3 is 11.6 Å². The van der Waals surface area contributed by atoms with E-state index in [1.807, 2.05) is 0 Å². The van der Waals surface area contributed by atoms with Crippen LogP contribution in [0.15, 0.2) is 51.3 Å². The number of nitrogens with one attached hydrogen (secondary N) is 1. The molecule has 1 aromatic carbocycles. The predicted molar refractivity (Wildman–Crippen MR) is 97.0 cm³/mol. The lowest BCUT2D eigenvalue weighted by molar-refractivity contribution is -0.138. The minimum atomic E-state index is -1.01. The van der Waals surface area contributed by atoms with Crippen LogP contribution < -0.4 is 15.7 Å². The lowest BCUT2D eigenvalue weighted by atomic mass is 10.1. The summed E-state index contributed by atoms with van der Waals surface area (Å²) in [4.78, 5) is 36.6. The molecule has 2 rings (SSSR count). The molecule has 8 heteroatoms. The molecule has 1 heterocycles. The van der Waals surface area contributed by atoms with Crippen molar-refractivity contribution in [1.29, 1.82) is 0 Å². The van der Waals surface area contributed by atoms with Crippen LogP contribution in [0.1, 0.15) is 23.0 Å². The Balaban J connectivity index is 2.46. The van der Waals surface area contributed by atoms with E-state index in [0.29, 0.717) is 11.4 Å². The van der Waals surface area contributed by atoms with Gasteiger partial charge in [-0.15, -0.1) is 0 Å². The Bertz CT molecular complexity index is 943. The van der Waals surface area contributed by atoms with Gasteiger partial charge in [0.05, 0.1) is 19.4 Å². The molecule has 0 saturated heterocycles. The maximum atomic E-state index is 12.5. The molecule has 0 aliphatic heterocycles. The molecule has 8 nitrogen and oxygen atoms in total. The Kier molecular flexibility index (Phi) is 6.37. The van der Waals surface area contributed by atoms with Crippen LogP contribution in [0.2, 0.25) is 0 Å². The molecule has 2 N–H and O–H groups in total. The molecular formula is C19H19NO7. The first-order valence-corrected chi connectivity index (χ1v) is 8.04. The van der Waals surface area contributed by atoms with Crippen LogP contribution in [0.3, 0.4) is 0 Å². The number of ketones is 1. The molecular weight excluding hydrogens is 354 g/mol. The van der Waals surface area contributed by atoms with E-state index >= 15 is 0 Å². The fourth-order valence-corrected chi connectivity index (χ4v) is 2.27. The number of anilines is 1. The Labute approximate surface area is 155 Å². The topological polar surface area (TPSA) is 115 Å². The van der Waals surface area contributed by atoms with Crippen molar-refractivity contribution in [2.75, 3.05) is 19.0 Å². The fraction of sp³-hybridized carbons (Fsp3) is 0.211. The summed E-state index contributed by atoms with van der Waals surface area (Å²) in [5.74, 6) is -1.68. The van der Waals surface area contributed by atoms with E-state index in [9.17, 15) is 19.5 Å². The number of methoxy groups -OCH3 is 1. The SMILES string of the molecule is CCOC(=O)/C(=C\C(=O)c1c(O)cc(C)oc1=O)Nc1ccccc1OC. The zero-order valence-electron chi connectivity index (χ0n) is 15.1. The van der Waals surface area contributed by atoms with Gasteiger partial charge in [-0.2, -0.15) is 0 Å². The maximum absolute atomic E-state index is 12.5. The average molecular weight is 373 g/mol. The van der Waals surface area contributed by atoms with Crippen LogP contribution in [0, 0.1) is 6.92 Å². The molecule has 0 atom stereocenters. The molecule has 0 saturated carbocycles. The molecule has 1 aromatic heterocycles. The van der Waals surface area contributed by atoms with Gasteiger partial charge in [0.25, 0.3) is 0 Å². The van der Waals surface area contributed by atoms with Crippen molar-refractivity contribution < 1.29 is 28.6 Å². The number of ether oxygens (including phenoxy) is 2. The van der Waals surface area contributed by atoms with Crippen LogP contribution in [-0.2, 0) is 9.53 Å². The molecule has 0 radical (unpaired) electrons. The first kappa shape index (κ1) is 19.8. The Hall–Kier alpha value is -3.55. The number of rotatable bonds is 7. The highest BCUT2D eigenvalue weighted by molar-refractivity contribution is 6.10. The van der Waals surface area contributed by atoms with Crippen molar-refractivity contribution in [1.82, 2.24) is 0 Å². The highest BCUT2D eigenvalue weighted by Crippen LogP contribution is 2.25. The Morgan fingerprint density at radius 1 is 1.30 bits per heavy atom. The van der Waals surface area contributed by atoms with Crippen molar-refractivity contribution in [2.24, 2.45) is 0 Å². The molecule has 0 spiro atoms. The molecule has 0 aliphatic carbocycles. The minimum absolute atomic E-state index is 0.0793. The molecule has 0 fully saturated rings. The van der Waals surface area contributed by atoms with E-state index in [4.69, 9.17) is 13.9 Å². The van der Waals surface area contributed by atoms with E-state index in [1.54, 1.807) is 31.2 Å². The van der Waals surface area contributed by atoms with Crippen molar-refractivity contribution in [3.63, 3.8) is 0 Å². The van der Waals surface area contributed by atoms with E-state index < -0.39 is 28.7 Å². The molecule has 0 unspecified atom stereocenters. The third-order valence-electron chi connectivity index (χ3n) is 3.45. The van der Waals surface area contributed by atoms with Gasteiger partial charge in [0, 0.05) is 12.1 Å². The van der Waals surface area contributed by atoms with Gasteiger partial charge in [-0.25, -0.2) is 9.59 Å². The van der Waals surface area contributed by atoms with Gasteiger partial charge in [0.15, 0.2) is 5.78 Å². The van der Waals surface area contributed by atoms with Gasteiger partial charge in [0.2, 0.25) is 0 Å². The highest BCUT2D eigenvalue weighted by Gasteiger charge is 2.21. The summed E-state index contributed by atoms with van der Waals surface area (Å²) < 4.78 is 15.0. The molecule has 0 bridgehead atoms. The standard InChI is InChI=1S/C19H19NO7/c1-4-26-18(23)13(20-12-7-5-6-8-16(12)25-3)10-15(22)17-14(21)9-11(2)27-19(17)24/h5-10,20-21H,4H2,1-3H3/b13-10+. The molecule has 27 heavy (non-hydrogen) atoms. The molecule has 0 aliphatic rings. The Morgan fingerprint density at radius 2 is 2.00 bits per heavy atom. The van der Waals surface area contributed by atoms with Crippen LogP contribution in [-0.4, -0.2) is 30.6 Å². The monoisotopic (exact) mass is 373 g/mol. The minimum Gasteiger partial charge on any atom is -0.507 e. The van der Waals surface area contributed by atoms with E-state index in [2.05, 4.69) is 5.32 Å². The lowest BCUT2D eigenvalue weighted by Crippen LogP contribution is -2.19. The van der Waals surface area contributed by atoms with Gasteiger partial charge in [-0.3, -0.25) is 4.79 Å². The summed E-state index contributed by atoms with van der Waals surface area (Å²) in [6.45, 7) is 3.15. The third kappa shape index (κ3) is 4.75. The first-order valence-electron chi connectivity index (χ1n) is 8.04. The molecule has 0 amide bonds. The number of para-hydroxylation sites is 2. The van der Waals surface area contributed by atoms with Crippen molar-refractivity contribution in [3.8, 4) is 11.5 Å². The van der Waals surface area contributed by atoms with Gasteiger partial charge in [-0.1, -0.05) is 12.1 Å². The lowest BCUT2D eigenvalue weighted by Gasteiger charge is -2.13. The predicted octanol–water partition coefficient (Wildman–Crippen LogP) is 2.40. The third-order valence-corrected chi connectivity index (χ3v) is 3.45. The number of hydrogen-bond acceptors (Lipinski definition) is 8. The number of allylic oxidation sites excluding steroid dienone is 1. The smallest absolute Gasteiger partial charge is 0.354 e. The van der Waals surface area contributed by atoms with Crippen LogP contribution in [0.4, 0.5) is 5.69 Å². The number of aromatic hydroxyl groups is 1. The van der Waals surface area contributed by atoms with Crippen molar-refractivity contribution in [3.05, 3.63) is 63.8 Å². The quantitative estimate of drug-likeness (QED) is 0.432. The van der Waals surface area contributed by atoms with E-state index in [-0.39, 0.29) is 18.1 Å². The average Bonchev–Trinajstić information content (AvgIpc) is 2.60. The number of carbonyl (C=O) groups excluding carboxylic acids is 2. The van der Waals surface area contributed by atoms with Crippen molar-refractivity contribution in [2.45, 2.75) is 13.8 Å². The van der Waals surface area contributed by atoms with Gasteiger partial charge < -0.3 is 24.3 Å². The summed E-state index contributed by atoms with van der Waals surface area (Å²) >= 11 is 0. The zero-order valence-corrected chi connectivity index (χ0v) is 15.1. The highest BCUT2D eigenvalue weighted by atomic mass is 16.5. The number of benzene rings is 1. The number of hydrogen-bond donors (Lipinski definition) is 2. The number of aryl methyl sites for hydroxylation is 1. The fourth-order valence-electron chi connectivity index (χ4n) is 2.27. The van der Waals surface area contributed by atoms with Crippen LogP contribution in [0.25, 0.3) is 0 Å². The summed E-state index contributed by atoms with van der Waals surface area (Å²) in [6.07, 6.45) is 0.867. The van der Waals surface area contributed by atoms with Crippen LogP contribution >= 0.6 is 0 Å². The van der Waals surface area contributed by atoms with E-state index in [1.165, 1.54) is 14.0 Å². The molecule has 142 valence electrons. The zero-order chi connectivity index (χ0) is 20.0. The van der Waals surface area contributed by atoms with Crippen LogP contribution in [0.5, 0.6) is 11.5 Å². The van der Waals surface area contributed by atoms with Gasteiger partial charge in [-0.05, 0) is 26.0 Å². The summed E-state index contributed by atoms with van der Waals surface area (Å²) in [5.41, 5.74) is -1.41. The summed E-state index contributed by atoms with van der Waals surface area (Å²) in [6, 6.07) is 7.87. The second-order valence-corrected chi connectivity index (χ2v) is 5.37. The molecule has 2 aromatic rings. The normalized spacial score (nSPS) is 11.0. The Morgan fingerprint density at radius 3 is 2.63 bits per heavy atom. The number of esters is 1. The second-order valence-electron chi connectivity index (χ2n) is 5.37. The second kappa shape index (κ2) is 8.70. The first-order chi connectivity index (χ1) is 12.9. The number of carbonyl (C=O) groups is 2.